The second-order valence-electron chi connectivity index (χ2n) is 1.32. The minimum Gasteiger partial charge on any atom is -0.327 e. The summed E-state index contributed by atoms with van der Waals surface area (Å²) in [5.41, 5.74) is 5.43. The predicted molar refractivity (Wildman–Crippen MR) is 32.1 cm³/mol. The maximum Gasteiger partial charge on any atom is 0.0183 e. The van der Waals surface area contributed by atoms with Crippen LogP contribution in [0.1, 0.15) is 13.3 Å². The number of halogens is 1. The number of alkyl halides is 1. The largest absolute Gasteiger partial charge is 0.327 e. The van der Waals surface area contributed by atoms with E-state index in [4.69, 9.17) is 5.73 Å². The summed E-state index contributed by atoms with van der Waals surface area (Å²) in [4.78, 5) is 0. The van der Waals surface area contributed by atoms with Crippen molar-refractivity contribution in [2.75, 3.05) is 5.33 Å². The average molecular weight is 152 g/mol. The molecule has 0 aliphatic rings. The Bertz CT molecular complexity index is 26.7. The molecule has 0 aromatic rings. The quantitative estimate of drug-likeness (QED) is 0.589. The molecule has 1 unspecified atom stereocenters. The normalized spacial score (nSPS) is 14.5. The van der Waals surface area contributed by atoms with Gasteiger partial charge in [0.15, 0.2) is 0 Å². The Balaban J connectivity index is 2.75. The van der Waals surface area contributed by atoms with Gasteiger partial charge in [-0.05, 0) is 6.42 Å². The Hall–Kier alpha value is 0.440. The summed E-state index contributed by atoms with van der Waals surface area (Å²) in [5, 5.41) is 0.920. The van der Waals surface area contributed by atoms with Crippen LogP contribution in [0.5, 0.6) is 0 Å². The lowest BCUT2D eigenvalue weighted by atomic mass is 10.3. The highest BCUT2D eigenvalue weighted by Gasteiger charge is 1.90. The molecule has 0 radical (unpaired) electrons. The second-order valence-corrected chi connectivity index (χ2v) is 1.97. The van der Waals surface area contributed by atoms with Crippen LogP contribution in [0.25, 0.3) is 0 Å². The van der Waals surface area contributed by atoms with Crippen LogP contribution >= 0.6 is 15.9 Å². The molecular weight excluding hydrogens is 142 g/mol. The summed E-state index contributed by atoms with van der Waals surface area (Å²) in [6, 6.07) is 0.352. The van der Waals surface area contributed by atoms with Crippen molar-refractivity contribution in [1.82, 2.24) is 0 Å². The molecule has 0 saturated heterocycles. The van der Waals surface area contributed by atoms with Crippen molar-refractivity contribution in [2.45, 2.75) is 19.4 Å². The van der Waals surface area contributed by atoms with E-state index in [9.17, 15) is 0 Å². The molecule has 0 spiro atoms. The van der Waals surface area contributed by atoms with E-state index in [2.05, 4.69) is 22.9 Å². The lowest BCUT2D eigenvalue weighted by Crippen LogP contribution is -2.19. The first-order valence-corrected chi connectivity index (χ1v) is 3.25. The Labute approximate surface area is 47.0 Å². The van der Waals surface area contributed by atoms with Crippen molar-refractivity contribution in [3.63, 3.8) is 0 Å². The molecule has 1 nitrogen and oxygen atoms in total. The van der Waals surface area contributed by atoms with Gasteiger partial charge in [0.1, 0.15) is 0 Å². The van der Waals surface area contributed by atoms with Crippen molar-refractivity contribution >= 4 is 15.9 Å². The lowest BCUT2D eigenvalue weighted by molar-refractivity contribution is 0.729. The molecule has 0 aliphatic carbocycles. The second kappa shape index (κ2) is 3.62. The first-order valence-electron chi connectivity index (χ1n) is 2.12. The van der Waals surface area contributed by atoms with Gasteiger partial charge >= 0.3 is 0 Å². The van der Waals surface area contributed by atoms with Gasteiger partial charge in [0, 0.05) is 11.4 Å². The monoisotopic (exact) mass is 151 g/mol. The van der Waals surface area contributed by atoms with Crippen molar-refractivity contribution in [2.24, 2.45) is 5.73 Å². The van der Waals surface area contributed by atoms with Crippen LogP contribution in [0.3, 0.4) is 0 Å². The Morgan fingerprint density at radius 2 is 2.33 bits per heavy atom. The SMILES string of the molecule is CCC(N)CBr. The molecule has 0 aromatic heterocycles. The molecule has 0 bridgehead atoms. The third-order valence-electron chi connectivity index (χ3n) is 0.723. The van der Waals surface area contributed by atoms with Gasteiger partial charge in [0.2, 0.25) is 0 Å². The summed E-state index contributed by atoms with van der Waals surface area (Å²) < 4.78 is 0. The zero-order valence-corrected chi connectivity index (χ0v) is 5.53. The van der Waals surface area contributed by atoms with E-state index in [1.54, 1.807) is 0 Å². The van der Waals surface area contributed by atoms with Crippen LogP contribution in [-0.2, 0) is 0 Å². The van der Waals surface area contributed by atoms with Crippen LogP contribution in [0.4, 0.5) is 0 Å². The predicted octanol–water partition coefficient (Wildman–Crippen LogP) is 1.12. The van der Waals surface area contributed by atoms with Gasteiger partial charge in [-0.1, -0.05) is 22.9 Å². The summed E-state index contributed by atoms with van der Waals surface area (Å²) in [6.45, 7) is 2.08. The molecule has 0 heterocycles. The third kappa shape index (κ3) is 2.67. The van der Waals surface area contributed by atoms with Crippen LogP contribution in [0.15, 0.2) is 0 Å². The number of rotatable bonds is 2. The molecule has 0 amide bonds. The maximum atomic E-state index is 5.43. The highest BCUT2D eigenvalue weighted by molar-refractivity contribution is 9.09. The fourth-order valence-electron chi connectivity index (χ4n) is 0.109. The van der Waals surface area contributed by atoms with E-state index < -0.39 is 0 Å². The number of hydrogen-bond acceptors (Lipinski definition) is 1. The standard InChI is InChI=1S/C4H10BrN/c1-2-4(6)3-5/h4H,2-3,6H2,1H3. The van der Waals surface area contributed by atoms with Crippen LogP contribution in [0, 0.1) is 0 Å². The molecule has 0 rings (SSSR count). The van der Waals surface area contributed by atoms with Gasteiger partial charge < -0.3 is 5.73 Å². The molecule has 0 aromatic carbocycles. The van der Waals surface area contributed by atoms with Gasteiger partial charge in [0.25, 0.3) is 0 Å². The molecule has 1 atom stereocenters. The molecule has 0 fully saturated rings. The minimum atomic E-state index is 0.352. The van der Waals surface area contributed by atoms with Gasteiger partial charge in [-0.2, -0.15) is 0 Å². The molecule has 38 valence electrons. The highest BCUT2D eigenvalue weighted by atomic mass is 79.9. The zero-order valence-electron chi connectivity index (χ0n) is 3.95. The molecule has 0 aliphatic heterocycles. The number of hydrogen-bond donors (Lipinski definition) is 1. The first kappa shape index (κ1) is 6.44. The van der Waals surface area contributed by atoms with E-state index >= 15 is 0 Å². The Morgan fingerprint density at radius 3 is 2.33 bits per heavy atom. The van der Waals surface area contributed by atoms with Crippen molar-refractivity contribution < 1.29 is 0 Å². The summed E-state index contributed by atoms with van der Waals surface area (Å²) in [6.07, 6.45) is 1.06. The average Bonchev–Trinajstić information content (AvgIpc) is 1.65. The van der Waals surface area contributed by atoms with Crippen LogP contribution in [0.2, 0.25) is 0 Å². The van der Waals surface area contributed by atoms with Gasteiger partial charge in [0.05, 0.1) is 0 Å². The Morgan fingerprint density at radius 1 is 1.83 bits per heavy atom. The van der Waals surface area contributed by atoms with Crippen molar-refractivity contribution in [3.05, 3.63) is 0 Å². The van der Waals surface area contributed by atoms with E-state index in [0.717, 1.165) is 11.8 Å². The third-order valence-corrected chi connectivity index (χ3v) is 1.55. The smallest absolute Gasteiger partial charge is 0.0183 e. The van der Waals surface area contributed by atoms with Gasteiger partial charge in [-0.25, -0.2) is 0 Å². The summed E-state index contributed by atoms with van der Waals surface area (Å²) >= 11 is 3.25. The number of nitrogens with two attached hydrogens (primary N) is 1. The van der Waals surface area contributed by atoms with E-state index in [-0.39, 0.29) is 0 Å². The van der Waals surface area contributed by atoms with E-state index in [0.29, 0.717) is 6.04 Å². The molecular formula is C4H10BrN. The van der Waals surface area contributed by atoms with E-state index in [1.807, 2.05) is 0 Å². The minimum absolute atomic E-state index is 0.352. The van der Waals surface area contributed by atoms with Gasteiger partial charge in [-0.15, -0.1) is 0 Å². The molecule has 2 N–H and O–H groups in total. The topological polar surface area (TPSA) is 26.0 Å². The summed E-state index contributed by atoms with van der Waals surface area (Å²) in [7, 11) is 0. The molecule has 6 heavy (non-hydrogen) atoms. The van der Waals surface area contributed by atoms with Crippen molar-refractivity contribution in [1.29, 1.82) is 0 Å². The van der Waals surface area contributed by atoms with Gasteiger partial charge in [-0.3, -0.25) is 0 Å². The lowest BCUT2D eigenvalue weighted by Gasteiger charge is -1.98. The van der Waals surface area contributed by atoms with E-state index in [1.165, 1.54) is 0 Å². The molecule has 2 heteroatoms. The highest BCUT2D eigenvalue weighted by Crippen LogP contribution is 1.89. The first-order chi connectivity index (χ1) is 2.81. The fraction of sp³-hybridized carbons (Fsp3) is 1.00. The van der Waals surface area contributed by atoms with Crippen LogP contribution in [-0.4, -0.2) is 11.4 Å². The zero-order chi connectivity index (χ0) is 4.99. The maximum absolute atomic E-state index is 5.43. The summed E-state index contributed by atoms with van der Waals surface area (Å²) in [5.74, 6) is 0. The Kier molecular flexibility index (Phi) is 3.89. The molecule has 0 saturated carbocycles. The van der Waals surface area contributed by atoms with Crippen molar-refractivity contribution in [3.8, 4) is 0 Å². The van der Waals surface area contributed by atoms with Crippen LogP contribution < -0.4 is 5.73 Å². The fourth-order valence-corrected chi connectivity index (χ4v) is 0.567.